The molecule has 0 saturated carbocycles. The van der Waals surface area contributed by atoms with Crippen LogP contribution >= 0.6 is 0 Å². The third-order valence-electron chi connectivity index (χ3n) is 3.12. The molecule has 0 radical (unpaired) electrons. The van der Waals surface area contributed by atoms with Gasteiger partial charge >= 0.3 is 6.18 Å². The first-order chi connectivity index (χ1) is 9.27. The molecule has 0 aliphatic heterocycles. The molecule has 1 N–H and O–H groups in total. The van der Waals surface area contributed by atoms with E-state index >= 15 is 0 Å². The minimum absolute atomic E-state index is 0.203. The van der Waals surface area contributed by atoms with Crippen LogP contribution < -0.4 is 5.32 Å². The maximum absolute atomic E-state index is 12.7. The highest BCUT2D eigenvalue weighted by Crippen LogP contribution is 2.33. The van der Waals surface area contributed by atoms with Crippen LogP contribution in [0.2, 0.25) is 0 Å². The predicted octanol–water partition coefficient (Wildman–Crippen LogP) is 5.09. The highest BCUT2D eigenvalue weighted by Gasteiger charge is 2.30. The molecule has 0 saturated heterocycles. The Bertz CT molecular complexity index is 601. The number of nitrogens with one attached hydrogen (secondary N) is 1. The van der Waals surface area contributed by atoms with Gasteiger partial charge in [-0.1, -0.05) is 6.07 Å². The summed E-state index contributed by atoms with van der Waals surface area (Å²) in [6.45, 7) is 5.44. The summed E-state index contributed by atoms with van der Waals surface area (Å²) in [7, 11) is 0. The van der Waals surface area contributed by atoms with Gasteiger partial charge in [0.25, 0.3) is 0 Å². The van der Waals surface area contributed by atoms with Gasteiger partial charge in [-0.25, -0.2) is 0 Å². The number of benzene rings is 1. The molecule has 108 valence electrons. The lowest BCUT2D eigenvalue weighted by atomic mass is 10.1. The second kappa shape index (κ2) is 5.23. The van der Waals surface area contributed by atoms with Crippen LogP contribution in [0.25, 0.3) is 0 Å². The molecule has 1 heterocycles. The van der Waals surface area contributed by atoms with E-state index in [0.29, 0.717) is 11.4 Å². The average molecular weight is 283 g/mol. The number of furan rings is 1. The van der Waals surface area contributed by atoms with Crippen LogP contribution in [-0.4, -0.2) is 0 Å². The molecular weight excluding hydrogens is 267 g/mol. The summed E-state index contributed by atoms with van der Waals surface area (Å²) in [6.07, 6.45) is -4.34. The molecule has 2 rings (SSSR count). The summed E-state index contributed by atoms with van der Waals surface area (Å²) >= 11 is 0. The highest BCUT2D eigenvalue weighted by atomic mass is 19.4. The molecule has 1 aromatic heterocycles. The van der Waals surface area contributed by atoms with Gasteiger partial charge in [0.05, 0.1) is 11.6 Å². The van der Waals surface area contributed by atoms with E-state index in [4.69, 9.17) is 4.42 Å². The van der Waals surface area contributed by atoms with Crippen molar-refractivity contribution >= 4 is 5.69 Å². The van der Waals surface area contributed by atoms with Crippen molar-refractivity contribution in [2.24, 2.45) is 0 Å². The molecule has 0 aliphatic carbocycles. The first kappa shape index (κ1) is 14.5. The van der Waals surface area contributed by atoms with E-state index in [1.165, 1.54) is 6.07 Å². The summed E-state index contributed by atoms with van der Waals surface area (Å²) in [5.41, 5.74) is 0.558. The summed E-state index contributed by atoms with van der Waals surface area (Å²) in [5, 5.41) is 3.06. The van der Waals surface area contributed by atoms with Crippen LogP contribution in [0.15, 0.2) is 34.7 Å². The summed E-state index contributed by atoms with van der Waals surface area (Å²) in [4.78, 5) is 0. The SMILES string of the molecule is Cc1ccc(C(C)Nc2cc(C(F)(F)F)ccc2C)o1. The molecule has 2 aromatic rings. The Hall–Kier alpha value is -1.91. The molecule has 2 nitrogen and oxygen atoms in total. The monoisotopic (exact) mass is 283 g/mol. The number of rotatable bonds is 3. The molecule has 1 unspecified atom stereocenters. The molecule has 1 aromatic carbocycles. The molecule has 0 fully saturated rings. The van der Waals surface area contributed by atoms with Gasteiger partial charge in [0.2, 0.25) is 0 Å². The van der Waals surface area contributed by atoms with Gasteiger partial charge in [-0.3, -0.25) is 0 Å². The molecule has 0 bridgehead atoms. The predicted molar refractivity (Wildman–Crippen MR) is 71.7 cm³/mol. The Morgan fingerprint density at radius 1 is 1.10 bits per heavy atom. The Kier molecular flexibility index (Phi) is 3.79. The fourth-order valence-corrected chi connectivity index (χ4v) is 1.94. The van der Waals surface area contributed by atoms with Crippen molar-refractivity contribution in [3.63, 3.8) is 0 Å². The number of anilines is 1. The van der Waals surface area contributed by atoms with E-state index in [-0.39, 0.29) is 6.04 Å². The van der Waals surface area contributed by atoms with Gasteiger partial charge < -0.3 is 9.73 Å². The van der Waals surface area contributed by atoms with Crippen LogP contribution in [0.5, 0.6) is 0 Å². The van der Waals surface area contributed by atoms with Gasteiger partial charge in [0, 0.05) is 5.69 Å². The Labute approximate surface area is 115 Å². The van der Waals surface area contributed by atoms with E-state index in [0.717, 1.165) is 23.5 Å². The number of aryl methyl sites for hydroxylation is 2. The minimum Gasteiger partial charge on any atom is -0.464 e. The van der Waals surface area contributed by atoms with E-state index in [1.54, 1.807) is 6.92 Å². The summed E-state index contributed by atoms with van der Waals surface area (Å²) in [5.74, 6) is 1.47. The Balaban J connectivity index is 2.24. The average Bonchev–Trinajstić information content (AvgIpc) is 2.77. The highest BCUT2D eigenvalue weighted by molar-refractivity contribution is 5.54. The maximum atomic E-state index is 12.7. The zero-order chi connectivity index (χ0) is 14.9. The summed E-state index contributed by atoms with van der Waals surface area (Å²) in [6, 6.07) is 7.11. The smallest absolute Gasteiger partial charge is 0.416 e. The topological polar surface area (TPSA) is 25.2 Å². The van der Waals surface area contributed by atoms with Crippen molar-refractivity contribution in [1.29, 1.82) is 0 Å². The molecular formula is C15H16F3NO. The van der Waals surface area contributed by atoms with Crippen molar-refractivity contribution in [2.45, 2.75) is 33.0 Å². The number of alkyl halides is 3. The van der Waals surface area contributed by atoms with Gasteiger partial charge in [-0.05, 0) is 50.6 Å². The number of halogens is 3. The standard InChI is InChI=1S/C15H16F3NO/c1-9-4-6-12(15(16,17)18)8-13(9)19-11(3)14-7-5-10(2)20-14/h4-8,11,19H,1-3H3. The summed E-state index contributed by atoms with van der Waals surface area (Å²) < 4.78 is 43.6. The lowest BCUT2D eigenvalue weighted by Gasteiger charge is -2.17. The van der Waals surface area contributed by atoms with Gasteiger partial charge in [0.1, 0.15) is 11.5 Å². The van der Waals surface area contributed by atoms with Crippen LogP contribution in [0.3, 0.4) is 0 Å². The normalized spacial score (nSPS) is 13.3. The Morgan fingerprint density at radius 2 is 1.80 bits per heavy atom. The third-order valence-corrected chi connectivity index (χ3v) is 3.12. The first-order valence-corrected chi connectivity index (χ1v) is 6.28. The first-order valence-electron chi connectivity index (χ1n) is 6.28. The van der Waals surface area contributed by atoms with E-state index < -0.39 is 11.7 Å². The zero-order valence-corrected chi connectivity index (χ0v) is 11.5. The largest absolute Gasteiger partial charge is 0.464 e. The second-order valence-electron chi connectivity index (χ2n) is 4.84. The van der Waals surface area contributed by atoms with Gasteiger partial charge in [-0.2, -0.15) is 13.2 Å². The van der Waals surface area contributed by atoms with E-state index in [9.17, 15) is 13.2 Å². The fraction of sp³-hybridized carbons (Fsp3) is 0.333. The quantitative estimate of drug-likeness (QED) is 0.849. The van der Waals surface area contributed by atoms with Gasteiger partial charge in [0.15, 0.2) is 0 Å². The zero-order valence-electron chi connectivity index (χ0n) is 11.5. The molecule has 0 aliphatic rings. The van der Waals surface area contributed by atoms with Crippen LogP contribution in [0.4, 0.5) is 18.9 Å². The maximum Gasteiger partial charge on any atom is 0.416 e. The minimum atomic E-state index is -4.34. The molecule has 0 amide bonds. The van der Waals surface area contributed by atoms with Crippen molar-refractivity contribution in [2.75, 3.05) is 5.32 Å². The molecule has 1 atom stereocenters. The van der Waals surface area contributed by atoms with Crippen molar-refractivity contribution in [3.05, 3.63) is 53.0 Å². The fourth-order valence-electron chi connectivity index (χ4n) is 1.94. The second-order valence-corrected chi connectivity index (χ2v) is 4.84. The molecule has 0 spiro atoms. The van der Waals surface area contributed by atoms with Gasteiger partial charge in [-0.15, -0.1) is 0 Å². The molecule has 5 heteroatoms. The number of hydrogen-bond acceptors (Lipinski definition) is 2. The third kappa shape index (κ3) is 3.15. The van der Waals surface area contributed by atoms with Crippen molar-refractivity contribution in [3.8, 4) is 0 Å². The van der Waals surface area contributed by atoms with E-state index in [1.807, 2.05) is 26.0 Å². The van der Waals surface area contributed by atoms with Crippen LogP contribution in [-0.2, 0) is 6.18 Å². The molecule has 20 heavy (non-hydrogen) atoms. The lowest BCUT2D eigenvalue weighted by Crippen LogP contribution is -2.10. The van der Waals surface area contributed by atoms with Crippen LogP contribution in [0, 0.1) is 13.8 Å². The van der Waals surface area contributed by atoms with Crippen molar-refractivity contribution < 1.29 is 17.6 Å². The number of hydrogen-bond donors (Lipinski definition) is 1. The van der Waals surface area contributed by atoms with Crippen molar-refractivity contribution in [1.82, 2.24) is 0 Å². The lowest BCUT2D eigenvalue weighted by molar-refractivity contribution is -0.137. The van der Waals surface area contributed by atoms with E-state index in [2.05, 4.69) is 5.32 Å². The van der Waals surface area contributed by atoms with Crippen LogP contribution in [0.1, 0.15) is 35.6 Å². The Morgan fingerprint density at radius 3 is 2.35 bits per heavy atom.